The van der Waals surface area contributed by atoms with E-state index in [1.54, 1.807) is 7.11 Å². The van der Waals surface area contributed by atoms with Gasteiger partial charge in [0.25, 0.3) is 0 Å². The van der Waals surface area contributed by atoms with Crippen LogP contribution in [0.4, 0.5) is 5.69 Å². The number of methoxy groups -OCH3 is 1. The Labute approximate surface area is 171 Å². The Hall–Kier alpha value is -2.86. The number of benzene rings is 2. The second kappa shape index (κ2) is 8.66. The number of hydrogen-bond donors (Lipinski definition) is 2. The van der Waals surface area contributed by atoms with Gasteiger partial charge in [0.2, 0.25) is 11.8 Å². The van der Waals surface area contributed by atoms with E-state index in [2.05, 4.69) is 21.6 Å². The highest BCUT2D eigenvalue weighted by atomic mass is 16.5. The first-order valence-electron chi connectivity index (χ1n) is 10.2. The molecule has 1 unspecified atom stereocenters. The molecule has 6 nitrogen and oxygen atoms in total. The number of fused-ring (bicyclic) bond motifs is 1. The second-order valence-electron chi connectivity index (χ2n) is 7.76. The fraction of sp³-hybridized carbons (Fsp3) is 0.391. The molecule has 2 N–H and O–H groups in total. The lowest BCUT2D eigenvalue weighted by atomic mass is 9.89. The molecular weight excluding hydrogens is 366 g/mol. The molecule has 1 fully saturated rings. The fourth-order valence-corrected chi connectivity index (χ4v) is 4.26. The van der Waals surface area contributed by atoms with Gasteiger partial charge in [-0.1, -0.05) is 36.4 Å². The molecule has 2 aromatic carbocycles. The molecule has 0 saturated carbocycles. The van der Waals surface area contributed by atoms with E-state index in [1.165, 1.54) is 5.56 Å². The summed E-state index contributed by atoms with van der Waals surface area (Å²) in [5.41, 5.74) is 2.83. The first kappa shape index (κ1) is 19.5. The average molecular weight is 393 g/mol. The largest absolute Gasteiger partial charge is 0.496 e. The topological polar surface area (TPSA) is 70.7 Å². The van der Waals surface area contributed by atoms with Gasteiger partial charge >= 0.3 is 0 Å². The molecule has 0 spiro atoms. The Kier molecular flexibility index (Phi) is 5.81. The van der Waals surface area contributed by atoms with E-state index in [1.807, 2.05) is 42.5 Å². The van der Waals surface area contributed by atoms with Crippen molar-refractivity contribution in [3.63, 3.8) is 0 Å². The summed E-state index contributed by atoms with van der Waals surface area (Å²) in [5, 5.41) is 6.04. The Morgan fingerprint density at radius 2 is 1.86 bits per heavy atom. The van der Waals surface area contributed by atoms with Crippen molar-refractivity contribution in [2.75, 3.05) is 25.5 Å². The van der Waals surface area contributed by atoms with Crippen LogP contribution in [0, 0.1) is 0 Å². The van der Waals surface area contributed by atoms with Crippen molar-refractivity contribution >= 4 is 17.5 Å². The minimum atomic E-state index is -0.411. The van der Waals surface area contributed by atoms with Gasteiger partial charge in [-0.3, -0.25) is 14.5 Å². The van der Waals surface area contributed by atoms with Crippen molar-refractivity contribution in [1.82, 2.24) is 10.2 Å². The van der Waals surface area contributed by atoms with Gasteiger partial charge < -0.3 is 15.4 Å². The molecule has 0 bridgehead atoms. The summed E-state index contributed by atoms with van der Waals surface area (Å²) in [6, 6.07) is 15.8. The number of nitrogens with one attached hydrogen (secondary N) is 2. The molecule has 6 heteroatoms. The van der Waals surface area contributed by atoms with E-state index in [0.29, 0.717) is 0 Å². The molecule has 2 aliphatic rings. The first-order valence-corrected chi connectivity index (χ1v) is 10.2. The van der Waals surface area contributed by atoms with Gasteiger partial charge in [-0.2, -0.15) is 0 Å². The van der Waals surface area contributed by atoms with Crippen molar-refractivity contribution in [3.05, 3.63) is 59.7 Å². The van der Waals surface area contributed by atoms with Crippen LogP contribution < -0.4 is 15.4 Å². The van der Waals surface area contributed by atoms with Crippen LogP contribution in [-0.4, -0.2) is 43.0 Å². The van der Waals surface area contributed by atoms with E-state index < -0.39 is 5.92 Å². The Morgan fingerprint density at radius 3 is 2.66 bits per heavy atom. The lowest BCUT2D eigenvalue weighted by Gasteiger charge is -2.34. The summed E-state index contributed by atoms with van der Waals surface area (Å²) in [4.78, 5) is 27.3. The number of ether oxygens (including phenoxy) is 1. The van der Waals surface area contributed by atoms with Crippen LogP contribution in [0.1, 0.15) is 36.3 Å². The smallest absolute Gasteiger partial charge is 0.228 e. The van der Waals surface area contributed by atoms with Gasteiger partial charge in [0.05, 0.1) is 13.0 Å². The van der Waals surface area contributed by atoms with Gasteiger partial charge in [0.1, 0.15) is 5.75 Å². The normalized spacial score (nSPS) is 19.9. The highest BCUT2D eigenvalue weighted by Gasteiger charge is 2.32. The molecule has 0 aliphatic carbocycles. The van der Waals surface area contributed by atoms with Gasteiger partial charge in [0.15, 0.2) is 0 Å². The predicted molar refractivity (Wildman–Crippen MR) is 112 cm³/mol. The zero-order valence-electron chi connectivity index (χ0n) is 16.7. The van der Waals surface area contributed by atoms with Crippen LogP contribution in [0.3, 0.4) is 0 Å². The SMILES string of the molecule is COc1ccccc1CN1CCC(NC(=O)C2CC(=O)Nc3ccccc32)CC1. The minimum Gasteiger partial charge on any atom is -0.496 e. The fourth-order valence-electron chi connectivity index (χ4n) is 4.26. The van der Waals surface area contributed by atoms with E-state index in [9.17, 15) is 9.59 Å². The molecule has 1 atom stereocenters. The van der Waals surface area contributed by atoms with E-state index in [0.717, 1.165) is 49.5 Å². The molecule has 0 aromatic heterocycles. The summed E-state index contributed by atoms with van der Waals surface area (Å²) in [6.45, 7) is 2.69. The monoisotopic (exact) mass is 393 g/mol. The maximum atomic E-state index is 12.9. The highest BCUT2D eigenvalue weighted by Crippen LogP contribution is 2.32. The van der Waals surface area contributed by atoms with Crippen LogP contribution in [0.15, 0.2) is 48.5 Å². The summed E-state index contributed by atoms with van der Waals surface area (Å²) in [6.07, 6.45) is 2.01. The number of hydrogen-bond acceptors (Lipinski definition) is 4. The quantitative estimate of drug-likeness (QED) is 0.820. The maximum Gasteiger partial charge on any atom is 0.228 e. The van der Waals surface area contributed by atoms with Crippen LogP contribution in [0.25, 0.3) is 0 Å². The Morgan fingerprint density at radius 1 is 1.14 bits per heavy atom. The molecule has 1 saturated heterocycles. The van der Waals surface area contributed by atoms with Gasteiger partial charge in [-0.15, -0.1) is 0 Å². The standard InChI is InChI=1S/C23H27N3O3/c1-29-21-9-5-2-6-16(21)15-26-12-10-17(11-13-26)24-23(28)19-14-22(27)25-20-8-4-3-7-18(19)20/h2-9,17,19H,10-15H2,1H3,(H,24,28)(H,25,27). The zero-order valence-corrected chi connectivity index (χ0v) is 16.7. The van der Waals surface area contributed by atoms with E-state index in [-0.39, 0.29) is 24.3 Å². The lowest BCUT2D eigenvalue weighted by molar-refractivity contribution is -0.127. The third kappa shape index (κ3) is 4.43. The maximum absolute atomic E-state index is 12.9. The number of amides is 2. The number of carbonyl (C=O) groups excluding carboxylic acids is 2. The number of likely N-dealkylation sites (tertiary alicyclic amines) is 1. The molecule has 2 aromatic rings. The summed E-state index contributed by atoms with van der Waals surface area (Å²) >= 11 is 0. The van der Waals surface area contributed by atoms with Crippen LogP contribution >= 0.6 is 0 Å². The molecule has 2 amide bonds. The van der Waals surface area contributed by atoms with E-state index in [4.69, 9.17) is 4.74 Å². The molecule has 2 aliphatic heterocycles. The molecule has 152 valence electrons. The van der Waals surface area contributed by atoms with Crippen molar-refractivity contribution in [1.29, 1.82) is 0 Å². The average Bonchev–Trinajstić information content (AvgIpc) is 2.75. The number of carbonyl (C=O) groups is 2. The molecule has 4 rings (SSSR count). The predicted octanol–water partition coefficient (Wildman–Crippen LogP) is 2.90. The highest BCUT2D eigenvalue weighted by molar-refractivity contribution is 6.01. The zero-order chi connectivity index (χ0) is 20.2. The number of nitrogens with zero attached hydrogens (tertiary/aromatic N) is 1. The van der Waals surface area contributed by atoms with Crippen molar-refractivity contribution in [3.8, 4) is 5.75 Å². The Balaban J connectivity index is 1.33. The first-order chi connectivity index (χ1) is 14.1. The Bertz CT molecular complexity index is 890. The molecule has 2 heterocycles. The van der Waals surface area contributed by atoms with Crippen molar-refractivity contribution in [2.45, 2.75) is 37.8 Å². The summed E-state index contributed by atoms with van der Waals surface area (Å²) in [5.74, 6) is 0.356. The van der Waals surface area contributed by atoms with Gasteiger partial charge in [-0.25, -0.2) is 0 Å². The number of anilines is 1. The number of rotatable bonds is 5. The number of piperidine rings is 1. The minimum absolute atomic E-state index is 0.0459. The van der Waals surface area contributed by atoms with Crippen LogP contribution in [0.2, 0.25) is 0 Å². The van der Waals surface area contributed by atoms with Gasteiger partial charge in [-0.05, 0) is 30.5 Å². The summed E-state index contributed by atoms with van der Waals surface area (Å²) in [7, 11) is 1.70. The third-order valence-electron chi connectivity index (χ3n) is 5.84. The van der Waals surface area contributed by atoms with Crippen LogP contribution in [-0.2, 0) is 16.1 Å². The molecule has 29 heavy (non-hydrogen) atoms. The third-order valence-corrected chi connectivity index (χ3v) is 5.84. The van der Waals surface area contributed by atoms with E-state index >= 15 is 0 Å². The second-order valence-corrected chi connectivity index (χ2v) is 7.76. The molecular formula is C23H27N3O3. The van der Waals surface area contributed by atoms with Gasteiger partial charge in [0, 0.05) is 43.3 Å². The lowest BCUT2D eigenvalue weighted by Crippen LogP contribution is -2.46. The van der Waals surface area contributed by atoms with Crippen LogP contribution in [0.5, 0.6) is 5.75 Å². The number of para-hydroxylation sites is 2. The van der Waals surface area contributed by atoms with Crippen molar-refractivity contribution < 1.29 is 14.3 Å². The summed E-state index contributed by atoms with van der Waals surface area (Å²) < 4.78 is 5.45. The van der Waals surface area contributed by atoms with Crippen molar-refractivity contribution in [2.24, 2.45) is 0 Å². The molecule has 0 radical (unpaired) electrons.